The fourth-order valence-electron chi connectivity index (χ4n) is 1.08. The molecule has 4 N–H and O–H groups in total. The van der Waals surface area contributed by atoms with Crippen molar-refractivity contribution in [2.45, 2.75) is 25.8 Å². The number of rotatable bonds is 8. The maximum atomic E-state index is 11.3. The largest absolute Gasteiger partial charge is 0.480 e. The van der Waals surface area contributed by atoms with Crippen LogP contribution in [0.3, 0.4) is 0 Å². The quantitative estimate of drug-likeness (QED) is 0.481. The van der Waals surface area contributed by atoms with E-state index in [0.717, 1.165) is 0 Å². The lowest BCUT2D eigenvalue weighted by Crippen LogP contribution is -2.43. The number of sulfone groups is 1. The van der Waals surface area contributed by atoms with E-state index in [-0.39, 0.29) is 18.6 Å². The average molecular weight is 280 g/mol. The maximum absolute atomic E-state index is 11.3. The Kier molecular flexibility index (Phi) is 6.31. The number of hydrogen-bond acceptors (Lipinski definition) is 5. The van der Waals surface area contributed by atoms with Gasteiger partial charge in [-0.3, -0.25) is 9.59 Å². The summed E-state index contributed by atoms with van der Waals surface area (Å²) < 4.78 is 22.3. The van der Waals surface area contributed by atoms with Crippen LogP contribution < -0.4 is 11.1 Å². The number of nitrogens with one attached hydrogen (secondary N) is 1. The molecule has 8 nitrogen and oxygen atoms in total. The van der Waals surface area contributed by atoms with Crippen molar-refractivity contribution in [1.29, 1.82) is 0 Å². The van der Waals surface area contributed by atoms with Crippen molar-refractivity contribution in [3.05, 3.63) is 0 Å². The summed E-state index contributed by atoms with van der Waals surface area (Å²) in [4.78, 5) is 32.6. The summed E-state index contributed by atoms with van der Waals surface area (Å²) in [7, 11) is -3.52. The first-order chi connectivity index (χ1) is 8.18. The highest BCUT2D eigenvalue weighted by atomic mass is 32.2. The van der Waals surface area contributed by atoms with Crippen LogP contribution in [-0.4, -0.2) is 48.9 Å². The highest BCUT2D eigenvalue weighted by molar-refractivity contribution is 7.92. The lowest BCUT2D eigenvalue weighted by molar-refractivity contribution is -0.141. The predicted molar refractivity (Wildman–Crippen MR) is 62.3 cm³/mol. The van der Waals surface area contributed by atoms with E-state index in [0.29, 0.717) is 0 Å². The maximum Gasteiger partial charge on any atom is 0.326 e. The van der Waals surface area contributed by atoms with Crippen molar-refractivity contribution in [3.63, 3.8) is 0 Å². The summed E-state index contributed by atoms with van der Waals surface area (Å²) >= 11 is 0. The second-order valence-corrected chi connectivity index (χ2v) is 5.99. The zero-order valence-electron chi connectivity index (χ0n) is 9.88. The third kappa shape index (κ3) is 6.84. The molecule has 0 spiro atoms. The van der Waals surface area contributed by atoms with Gasteiger partial charge in [-0.25, -0.2) is 13.2 Å². The lowest BCUT2D eigenvalue weighted by atomic mass is 10.1. The molecule has 0 saturated carbocycles. The number of carbonyl (C=O) groups is 3. The summed E-state index contributed by atoms with van der Waals surface area (Å²) in [5, 5.41) is 10.8. The summed E-state index contributed by atoms with van der Waals surface area (Å²) in [5.41, 5.74) is 4.85. The molecule has 0 aromatic rings. The van der Waals surface area contributed by atoms with Crippen LogP contribution in [0.25, 0.3) is 0 Å². The van der Waals surface area contributed by atoms with E-state index in [1.807, 2.05) is 5.32 Å². The van der Waals surface area contributed by atoms with Gasteiger partial charge >= 0.3 is 5.97 Å². The minimum absolute atomic E-state index is 0.178. The number of nitrogens with two attached hydrogens (primary N) is 1. The normalized spacial score (nSPS) is 12.7. The Bertz CT molecular complexity index is 430. The van der Waals surface area contributed by atoms with Gasteiger partial charge in [0.05, 0.1) is 0 Å². The summed E-state index contributed by atoms with van der Waals surface area (Å²) in [6.45, 7) is 1.38. The van der Waals surface area contributed by atoms with Gasteiger partial charge in [0.1, 0.15) is 11.8 Å². The zero-order chi connectivity index (χ0) is 14.3. The second kappa shape index (κ2) is 6.94. The van der Waals surface area contributed by atoms with E-state index in [4.69, 9.17) is 10.8 Å². The molecular weight excluding hydrogens is 264 g/mol. The molecule has 2 amide bonds. The van der Waals surface area contributed by atoms with Crippen molar-refractivity contribution < 1.29 is 27.9 Å². The number of primary amides is 1. The monoisotopic (exact) mass is 280 g/mol. The molecule has 0 rings (SSSR count). The van der Waals surface area contributed by atoms with Gasteiger partial charge in [-0.15, -0.1) is 0 Å². The molecule has 1 atom stereocenters. The highest BCUT2D eigenvalue weighted by Gasteiger charge is 2.23. The third-order valence-electron chi connectivity index (χ3n) is 2.10. The number of carboxylic acid groups (broad SMARTS) is 1. The fraction of sp³-hybridized carbons (Fsp3) is 0.667. The summed E-state index contributed by atoms with van der Waals surface area (Å²) in [5.74, 6) is -3.94. The Hall–Kier alpha value is -1.64. The van der Waals surface area contributed by atoms with E-state index in [1.54, 1.807) is 0 Å². The summed E-state index contributed by atoms with van der Waals surface area (Å²) in [6.07, 6.45) is -0.389. The Morgan fingerprint density at radius 3 is 2.28 bits per heavy atom. The first-order valence-corrected chi connectivity index (χ1v) is 7.01. The number of aliphatic carboxylic acids is 1. The van der Waals surface area contributed by atoms with Crippen LogP contribution in [0.4, 0.5) is 0 Å². The van der Waals surface area contributed by atoms with Gasteiger partial charge in [-0.05, 0) is 6.42 Å². The Morgan fingerprint density at radius 2 is 1.89 bits per heavy atom. The third-order valence-corrected chi connectivity index (χ3v) is 3.69. The number of hydrogen-bond donors (Lipinski definition) is 3. The molecule has 0 aliphatic carbocycles. The molecule has 1 unspecified atom stereocenters. The lowest BCUT2D eigenvalue weighted by Gasteiger charge is -2.13. The second-order valence-electron chi connectivity index (χ2n) is 3.64. The Morgan fingerprint density at radius 1 is 1.33 bits per heavy atom. The molecule has 0 fully saturated rings. The van der Waals surface area contributed by atoms with E-state index in [1.165, 1.54) is 6.92 Å². The minimum Gasteiger partial charge on any atom is -0.480 e. The van der Waals surface area contributed by atoms with Crippen LogP contribution in [0.5, 0.6) is 0 Å². The molecule has 0 radical (unpaired) electrons. The van der Waals surface area contributed by atoms with Crippen molar-refractivity contribution in [2.24, 2.45) is 5.73 Å². The topological polar surface area (TPSA) is 144 Å². The van der Waals surface area contributed by atoms with Gasteiger partial charge in [0.2, 0.25) is 11.8 Å². The first kappa shape index (κ1) is 16.4. The molecule has 0 aromatic heterocycles. The molecule has 0 bridgehead atoms. The van der Waals surface area contributed by atoms with Crippen LogP contribution in [-0.2, 0) is 24.2 Å². The van der Waals surface area contributed by atoms with Crippen molar-refractivity contribution in [3.8, 4) is 0 Å². The molecule has 0 aromatic carbocycles. The fourth-order valence-corrected chi connectivity index (χ4v) is 1.77. The van der Waals surface area contributed by atoms with Crippen LogP contribution in [0.1, 0.15) is 19.8 Å². The van der Waals surface area contributed by atoms with Crippen LogP contribution >= 0.6 is 0 Å². The summed E-state index contributed by atoms with van der Waals surface area (Å²) in [6, 6.07) is -1.32. The van der Waals surface area contributed by atoms with E-state index < -0.39 is 39.4 Å². The van der Waals surface area contributed by atoms with E-state index >= 15 is 0 Å². The SMILES string of the molecule is CCS(=O)(=O)CC(=O)NC(CCC(N)=O)C(=O)O. The molecule has 18 heavy (non-hydrogen) atoms. The van der Waals surface area contributed by atoms with Crippen LogP contribution in [0, 0.1) is 0 Å². The predicted octanol–water partition coefficient (Wildman–Crippen LogP) is -1.74. The average Bonchev–Trinajstić information content (AvgIpc) is 2.22. The minimum atomic E-state index is -3.52. The van der Waals surface area contributed by atoms with Crippen molar-refractivity contribution in [2.75, 3.05) is 11.5 Å². The van der Waals surface area contributed by atoms with Crippen molar-refractivity contribution in [1.82, 2.24) is 5.32 Å². The molecule has 0 aliphatic heterocycles. The van der Waals surface area contributed by atoms with Gasteiger partial charge in [0.15, 0.2) is 9.84 Å². The van der Waals surface area contributed by atoms with Gasteiger partial charge in [-0.2, -0.15) is 0 Å². The zero-order valence-corrected chi connectivity index (χ0v) is 10.7. The first-order valence-electron chi connectivity index (χ1n) is 5.19. The number of carbonyl (C=O) groups excluding carboxylic acids is 2. The van der Waals surface area contributed by atoms with Gasteiger partial charge in [0, 0.05) is 12.2 Å². The van der Waals surface area contributed by atoms with Crippen molar-refractivity contribution >= 4 is 27.6 Å². The molecule has 0 aliphatic rings. The highest BCUT2D eigenvalue weighted by Crippen LogP contribution is 1.98. The molecular formula is C9H16N2O6S. The number of amides is 2. The molecule has 9 heteroatoms. The van der Waals surface area contributed by atoms with Crippen LogP contribution in [0.15, 0.2) is 0 Å². The van der Waals surface area contributed by atoms with Gasteiger partial charge in [0.25, 0.3) is 0 Å². The van der Waals surface area contributed by atoms with E-state index in [9.17, 15) is 22.8 Å². The van der Waals surface area contributed by atoms with Gasteiger partial charge in [-0.1, -0.05) is 6.92 Å². The molecule has 0 saturated heterocycles. The Balaban J connectivity index is 4.46. The molecule has 104 valence electrons. The Labute approximate surface area is 104 Å². The van der Waals surface area contributed by atoms with E-state index in [2.05, 4.69) is 0 Å². The standard InChI is InChI=1S/C9H16N2O6S/c1-2-18(16,17)5-8(13)11-6(9(14)15)3-4-7(10)12/h6H,2-5H2,1H3,(H2,10,12)(H,11,13)(H,14,15). The number of carboxylic acids is 1. The van der Waals surface area contributed by atoms with Crippen LogP contribution in [0.2, 0.25) is 0 Å². The molecule has 0 heterocycles. The smallest absolute Gasteiger partial charge is 0.326 e. The van der Waals surface area contributed by atoms with Gasteiger partial charge < -0.3 is 16.2 Å².